The number of methoxy groups -OCH3 is 1. The minimum atomic E-state index is -0.770. The largest absolute Gasteiger partial charge is 0.493 e. The van der Waals surface area contributed by atoms with Gasteiger partial charge in [-0.2, -0.15) is 4.98 Å². The van der Waals surface area contributed by atoms with Crippen molar-refractivity contribution in [1.82, 2.24) is 19.7 Å². The molecule has 0 saturated carbocycles. The number of hydrogen-bond acceptors (Lipinski definition) is 7. The quantitative estimate of drug-likeness (QED) is 0.502. The molecule has 0 amide bonds. The van der Waals surface area contributed by atoms with Crippen LogP contribution in [-0.2, 0) is 6.54 Å². The molecular formula is C22H18FN5O3. The Morgan fingerprint density at radius 3 is 2.55 bits per heavy atom. The topological polar surface area (TPSA) is 91.2 Å². The molecule has 0 fully saturated rings. The first kappa shape index (κ1) is 20.0. The van der Waals surface area contributed by atoms with Crippen LogP contribution in [0.5, 0.6) is 11.5 Å². The number of nitrogens with one attached hydrogen (secondary N) is 1. The van der Waals surface area contributed by atoms with Crippen molar-refractivity contribution >= 4 is 12.0 Å². The Morgan fingerprint density at radius 2 is 1.84 bits per heavy atom. The number of halogens is 1. The average Bonchev–Trinajstić information content (AvgIpc) is 3.24. The standard InChI is InChI=1S/C22H18FN5O3/c1-30-18-6-2-3-7-19(18)31-22(29)28-21(25-13-15-8-10-17(23)11-9-15)26-20(27-28)16-5-4-12-24-14-16/h2-12,14H,13H2,1H3,(H,25,26,27). The molecule has 1 N–H and O–H groups in total. The molecule has 31 heavy (non-hydrogen) atoms. The Balaban J connectivity index is 1.63. The zero-order chi connectivity index (χ0) is 21.6. The maximum atomic E-state index is 13.2. The van der Waals surface area contributed by atoms with Gasteiger partial charge >= 0.3 is 6.09 Å². The second kappa shape index (κ2) is 9.04. The number of nitrogens with zero attached hydrogens (tertiary/aromatic N) is 4. The highest BCUT2D eigenvalue weighted by Gasteiger charge is 2.20. The third-order valence-electron chi connectivity index (χ3n) is 4.33. The van der Waals surface area contributed by atoms with Gasteiger partial charge in [0.05, 0.1) is 7.11 Å². The van der Waals surface area contributed by atoms with E-state index in [0.29, 0.717) is 23.7 Å². The number of benzene rings is 2. The van der Waals surface area contributed by atoms with Gasteiger partial charge in [-0.05, 0) is 42.0 Å². The normalized spacial score (nSPS) is 10.5. The molecule has 4 aromatic rings. The second-order valence-corrected chi connectivity index (χ2v) is 6.41. The van der Waals surface area contributed by atoms with Crippen molar-refractivity contribution in [2.24, 2.45) is 0 Å². The van der Waals surface area contributed by atoms with E-state index in [4.69, 9.17) is 9.47 Å². The average molecular weight is 419 g/mol. The van der Waals surface area contributed by atoms with Crippen LogP contribution in [0.3, 0.4) is 0 Å². The Hall–Kier alpha value is -4.27. The maximum absolute atomic E-state index is 13.2. The van der Waals surface area contributed by atoms with Crippen molar-refractivity contribution in [2.75, 3.05) is 12.4 Å². The van der Waals surface area contributed by atoms with E-state index in [9.17, 15) is 9.18 Å². The van der Waals surface area contributed by atoms with Gasteiger partial charge in [0.2, 0.25) is 5.95 Å². The number of anilines is 1. The summed E-state index contributed by atoms with van der Waals surface area (Å²) in [6, 6.07) is 16.3. The monoisotopic (exact) mass is 419 g/mol. The lowest BCUT2D eigenvalue weighted by Crippen LogP contribution is -2.21. The molecule has 0 spiro atoms. The molecule has 0 atom stereocenters. The molecule has 0 aliphatic rings. The zero-order valence-corrected chi connectivity index (χ0v) is 16.5. The molecule has 0 aliphatic carbocycles. The fraction of sp³-hybridized carbons (Fsp3) is 0.0909. The van der Waals surface area contributed by atoms with Crippen molar-refractivity contribution in [3.05, 3.63) is 84.4 Å². The molecule has 2 aromatic carbocycles. The van der Waals surface area contributed by atoms with Crippen LogP contribution in [0.25, 0.3) is 11.4 Å². The summed E-state index contributed by atoms with van der Waals surface area (Å²) in [6.45, 7) is 0.299. The van der Waals surface area contributed by atoms with Crippen LogP contribution in [-0.4, -0.2) is 33.0 Å². The molecular weight excluding hydrogens is 401 g/mol. The molecule has 8 nitrogen and oxygen atoms in total. The summed E-state index contributed by atoms with van der Waals surface area (Å²) in [5, 5.41) is 7.34. The summed E-state index contributed by atoms with van der Waals surface area (Å²) in [7, 11) is 1.48. The minimum Gasteiger partial charge on any atom is -0.493 e. The molecule has 0 saturated heterocycles. The number of aromatic nitrogens is 4. The van der Waals surface area contributed by atoms with Gasteiger partial charge in [-0.15, -0.1) is 9.78 Å². The highest BCUT2D eigenvalue weighted by Crippen LogP contribution is 2.27. The fourth-order valence-electron chi connectivity index (χ4n) is 2.79. The number of rotatable bonds is 6. The molecule has 0 unspecified atom stereocenters. The van der Waals surface area contributed by atoms with Gasteiger partial charge in [-0.3, -0.25) is 4.98 Å². The number of hydrogen-bond donors (Lipinski definition) is 1. The second-order valence-electron chi connectivity index (χ2n) is 6.41. The van der Waals surface area contributed by atoms with Crippen molar-refractivity contribution in [2.45, 2.75) is 6.54 Å². The van der Waals surface area contributed by atoms with E-state index >= 15 is 0 Å². The molecule has 0 aliphatic heterocycles. The van der Waals surface area contributed by atoms with Crippen LogP contribution >= 0.6 is 0 Å². The van der Waals surface area contributed by atoms with E-state index in [0.717, 1.165) is 10.2 Å². The molecule has 2 aromatic heterocycles. The predicted octanol–water partition coefficient (Wildman–Crippen LogP) is 4.15. The number of carbonyl (C=O) groups is 1. The van der Waals surface area contributed by atoms with E-state index in [1.807, 2.05) is 0 Å². The lowest BCUT2D eigenvalue weighted by molar-refractivity contribution is 0.197. The summed E-state index contributed by atoms with van der Waals surface area (Å²) in [6.07, 6.45) is 2.45. The van der Waals surface area contributed by atoms with Crippen LogP contribution in [0.2, 0.25) is 0 Å². The molecule has 4 rings (SSSR count). The minimum absolute atomic E-state index is 0.170. The SMILES string of the molecule is COc1ccccc1OC(=O)n1nc(-c2cccnc2)nc1NCc1ccc(F)cc1. The van der Waals surface area contributed by atoms with Gasteiger partial charge in [0.15, 0.2) is 17.3 Å². The Morgan fingerprint density at radius 1 is 1.06 bits per heavy atom. The van der Waals surface area contributed by atoms with Crippen LogP contribution in [0.4, 0.5) is 15.1 Å². The third kappa shape index (κ3) is 4.67. The Kier molecular flexibility index (Phi) is 5.84. The van der Waals surface area contributed by atoms with Crippen molar-refractivity contribution in [1.29, 1.82) is 0 Å². The van der Waals surface area contributed by atoms with E-state index in [1.165, 1.54) is 19.2 Å². The predicted molar refractivity (Wildman–Crippen MR) is 111 cm³/mol. The molecule has 2 heterocycles. The summed E-state index contributed by atoms with van der Waals surface area (Å²) in [5.41, 5.74) is 1.44. The number of ether oxygens (including phenoxy) is 2. The lowest BCUT2D eigenvalue weighted by atomic mass is 10.2. The smallest absolute Gasteiger partial charge is 0.443 e. The van der Waals surface area contributed by atoms with E-state index in [2.05, 4.69) is 20.4 Å². The number of carbonyl (C=O) groups excluding carboxylic acids is 1. The van der Waals surface area contributed by atoms with Gasteiger partial charge in [0.1, 0.15) is 5.82 Å². The highest BCUT2D eigenvalue weighted by molar-refractivity contribution is 5.77. The molecule has 0 bridgehead atoms. The van der Waals surface area contributed by atoms with Gasteiger partial charge < -0.3 is 14.8 Å². The van der Waals surface area contributed by atoms with Crippen LogP contribution in [0.15, 0.2) is 73.1 Å². The first-order valence-electron chi connectivity index (χ1n) is 9.35. The van der Waals surface area contributed by atoms with Crippen molar-refractivity contribution in [3.8, 4) is 22.9 Å². The molecule has 9 heteroatoms. The van der Waals surface area contributed by atoms with E-state index < -0.39 is 6.09 Å². The Labute approximate surface area is 177 Å². The van der Waals surface area contributed by atoms with Gasteiger partial charge in [-0.1, -0.05) is 24.3 Å². The summed E-state index contributed by atoms with van der Waals surface area (Å²) in [4.78, 5) is 21.4. The fourth-order valence-corrected chi connectivity index (χ4v) is 2.79. The van der Waals surface area contributed by atoms with Gasteiger partial charge in [-0.25, -0.2) is 9.18 Å². The zero-order valence-electron chi connectivity index (χ0n) is 16.5. The van der Waals surface area contributed by atoms with Crippen molar-refractivity contribution in [3.63, 3.8) is 0 Å². The van der Waals surface area contributed by atoms with Crippen molar-refractivity contribution < 1.29 is 18.7 Å². The number of pyridine rings is 1. The molecule has 0 radical (unpaired) electrons. The lowest BCUT2D eigenvalue weighted by Gasteiger charge is -2.10. The summed E-state index contributed by atoms with van der Waals surface area (Å²) >= 11 is 0. The highest BCUT2D eigenvalue weighted by atomic mass is 19.1. The summed E-state index contributed by atoms with van der Waals surface area (Å²) in [5.74, 6) is 0.795. The Bertz CT molecular complexity index is 1180. The molecule has 156 valence electrons. The summed E-state index contributed by atoms with van der Waals surface area (Å²) < 4.78 is 24.9. The first-order valence-corrected chi connectivity index (χ1v) is 9.35. The van der Waals surface area contributed by atoms with Gasteiger partial charge in [0, 0.05) is 24.5 Å². The van der Waals surface area contributed by atoms with Crippen LogP contribution in [0.1, 0.15) is 5.56 Å². The van der Waals surface area contributed by atoms with Crippen LogP contribution in [0, 0.1) is 5.82 Å². The third-order valence-corrected chi connectivity index (χ3v) is 4.33. The van der Waals surface area contributed by atoms with Crippen LogP contribution < -0.4 is 14.8 Å². The van der Waals surface area contributed by atoms with Gasteiger partial charge in [0.25, 0.3) is 0 Å². The number of para-hydroxylation sites is 2. The first-order chi connectivity index (χ1) is 15.1. The van der Waals surface area contributed by atoms with E-state index in [-0.39, 0.29) is 17.5 Å². The maximum Gasteiger partial charge on any atom is 0.443 e. The van der Waals surface area contributed by atoms with E-state index in [1.54, 1.807) is 60.9 Å².